The topological polar surface area (TPSA) is 105 Å². The molecule has 28 heavy (non-hydrogen) atoms. The van der Waals surface area contributed by atoms with Gasteiger partial charge in [-0.3, -0.25) is 19.3 Å². The lowest BCUT2D eigenvalue weighted by Crippen LogP contribution is -2.43. The molecular weight excluding hydrogens is 362 g/mol. The number of ether oxygens (including phenoxy) is 1. The van der Waals surface area contributed by atoms with Gasteiger partial charge in [0, 0.05) is 0 Å². The molecule has 2 N–H and O–H groups in total. The second-order valence-electron chi connectivity index (χ2n) is 7.73. The van der Waals surface area contributed by atoms with Crippen LogP contribution in [0.3, 0.4) is 0 Å². The zero-order valence-electron chi connectivity index (χ0n) is 16.3. The molecule has 8 heteroatoms. The van der Waals surface area contributed by atoms with E-state index in [1.54, 1.807) is 13.8 Å². The number of imide groups is 1. The summed E-state index contributed by atoms with van der Waals surface area (Å²) in [4.78, 5) is 49.4. The van der Waals surface area contributed by atoms with Crippen molar-refractivity contribution in [2.75, 3.05) is 6.54 Å². The normalized spacial score (nSPS) is 21.5. The Kier molecular flexibility index (Phi) is 5.40. The molecule has 2 aliphatic rings. The summed E-state index contributed by atoms with van der Waals surface area (Å²) in [5, 5.41) is 5.42. The molecule has 1 aliphatic carbocycles. The molecule has 0 spiro atoms. The van der Waals surface area contributed by atoms with E-state index in [4.69, 9.17) is 4.74 Å². The van der Waals surface area contributed by atoms with E-state index in [9.17, 15) is 19.2 Å². The van der Waals surface area contributed by atoms with Gasteiger partial charge in [-0.1, -0.05) is 24.3 Å². The van der Waals surface area contributed by atoms with E-state index in [0.717, 1.165) is 29.7 Å². The van der Waals surface area contributed by atoms with Crippen LogP contribution >= 0.6 is 0 Å². The third-order valence-electron chi connectivity index (χ3n) is 5.09. The quantitative estimate of drug-likeness (QED) is 0.588. The Morgan fingerprint density at radius 3 is 2.71 bits per heavy atom. The van der Waals surface area contributed by atoms with Gasteiger partial charge in [0.15, 0.2) is 6.10 Å². The minimum absolute atomic E-state index is 0.120. The van der Waals surface area contributed by atoms with Crippen molar-refractivity contribution in [1.29, 1.82) is 0 Å². The number of carbonyl (C=O) groups excluding carboxylic acids is 4. The average Bonchev–Trinajstić information content (AvgIpc) is 2.83. The van der Waals surface area contributed by atoms with Crippen molar-refractivity contribution in [2.24, 2.45) is 0 Å². The summed E-state index contributed by atoms with van der Waals surface area (Å²) < 4.78 is 5.14. The standard InChI is InChI=1S/C20H25N3O5/c1-12(28-16(24)11-23-18(26)20(2,3)22-19(23)27)17(25)21-15-10-6-8-13-7-4-5-9-14(13)15/h4-5,7,9,12,15H,6,8,10-11H2,1-3H3,(H,21,25)(H,22,27)/t12-,15+/m1/s1. The Balaban J connectivity index is 1.56. The van der Waals surface area contributed by atoms with E-state index in [1.165, 1.54) is 12.5 Å². The van der Waals surface area contributed by atoms with E-state index in [-0.39, 0.29) is 6.04 Å². The van der Waals surface area contributed by atoms with Gasteiger partial charge in [-0.15, -0.1) is 0 Å². The first-order chi connectivity index (χ1) is 13.2. The van der Waals surface area contributed by atoms with Gasteiger partial charge in [-0.05, 0) is 51.2 Å². The van der Waals surface area contributed by atoms with E-state index in [1.807, 2.05) is 18.2 Å². The van der Waals surface area contributed by atoms with Gasteiger partial charge in [-0.2, -0.15) is 0 Å². The second kappa shape index (κ2) is 7.61. The van der Waals surface area contributed by atoms with Gasteiger partial charge in [0.05, 0.1) is 6.04 Å². The zero-order valence-corrected chi connectivity index (χ0v) is 16.3. The van der Waals surface area contributed by atoms with Crippen LogP contribution in [0.15, 0.2) is 24.3 Å². The van der Waals surface area contributed by atoms with Crippen LogP contribution in [0.4, 0.5) is 4.79 Å². The first-order valence-corrected chi connectivity index (χ1v) is 9.41. The van der Waals surface area contributed by atoms with E-state index in [2.05, 4.69) is 16.7 Å². The van der Waals surface area contributed by atoms with Crippen LogP contribution in [-0.4, -0.2) is 46.9 Å². The molecule has 1 fully saturated rings. The van der Waals surface area contributed by atoms with Crippen LogP contribution in [-0.2, 0) is 25.5 Å². The number of nitrogens with zero attached hydrogens (tertiary/aromatic N) is 1. The summed E-state index contributed by atoms with van der Waals surface area (Å²) in [6.45, 7) is 4.04. The number of aryl methyl sites for hydroxylation is 1. The number of rotatable bonds is 5. The number of nitrogens with one attached hydrogen (secondary N) is 2. The molecular formula is C20H25N3O5. The minimum atomic E-state index is -1.06. The van der Waals surface area contributed by atoms with E-state index < -0.39 is 42.0 Å². The fourth-order valence-electron chi connectivity index (χ4n) is 3.57. The Morgan fingerprint density at radius 1 is 1.32 bits per heavy atom. The summed E-state index contributed by atoms with van der Waals surface area (Å²) in [7, 11) is 0. The zero-order chi connectivity index (χ0) is 20.5. The van der Waals surface area contributed by atoms with Crippen molar-refractivity contribution >= 4 is 23.8 Å². The lowest BCUT2D eigenvalue weighted by atomic mass is 9.87. The molecule has 2 atom stereocenters. The molecule has 0 bridgehead atoms. The highest BCUT2D eigenvalue weighted by atomic mass is 16.5. The molecule has 8 nitrogen and oxygen atoms in total. The maximum atomic E-state index is 12.5. The van der Waals surface area contributed by atoms with Crippen molar-refractivity contribution in [2.45, 2.75) is 57.7 Å². The molecule has 0 saturated carbocycles. The highest BCUT2D eigenvalue weighted by Crippen LogP contribution is 2.29. The number of urea groups is 1. The van der Waals surface area contributed by atoms with E-state index >= 15 is 0 Å². The highest BCUT2D eigenvalue weighted by molar-refractivity contribution is 6.08. The van der Waals surface area contributed by atoms with Crippen molar-refractivity contribution in [3.05, 3.63) is 35.4 Å². The molecule has 150 valence electrons. The maximum absolute atomic E-state index is 12.5. The number of fused-ring (bicyclic) bond motifs is 1. The fraction of sp³-hybridized carbons (Fsp3) is 0.500. The van der Waals surface area contributed by atoms with Crippen molar-refractivity contribution < 1.29 is 23.9 Å². The molecule has 1 aromatic carbocycles. The number of carbonyl (C=O) groups is 4. The molecule has 4 amide bonds. The number of amides is 4. The molecule has 1 heterocycles. The number of esters is 1. The van der Waals surface area contributed by atoms with E-state index in [0.29, 0.717) is 0 Å². The Morgan fingerprint density at radius 2 is 2.04 bits per heavy atom. The minimum Gasteiger partial charge on any atom is -0.451 e. The van der Waals surface area contributed by atoms with Crippen LogP contribution in [0.25, 0.3) is 0 Å². The van der Waals surface area contributed by atoms with Crippen molar-refractivity contribution in [3.63, 3.8) is 0 Å². The third-order valence-corrected chi connectivity index (χ3v) is 5.09. The largest absolute Gasteiger partial charge is 0.451 e. The Bertz CT molecular complexity index is 820. The van der Waals surface area contributed by atoms with Gasteiger partial charge < -0.3 is 15.4 Å². The first kappa shape index (κ1) is 19.9. The molecule has 0 aromatic heterocycles. The van der Waals surface area contributed by atoms with Crippen LogP contribution in [0.2, 0.25) is 0 Å². The van der Waals surface area contributed by atoms with Gasteiger partial charge in [0.2, 0.25) is 0 Å². The van der Waals surface area contributed by atoms with Gasteiger partial charge >= 0.3 is 12.0 Å². The van der Waals surface area contributed by atoms with Crippen LogP contribution in [0.5, 0.6) is 0 Å². The predicted octanol–water partition coefficient (Wildman–Crippen LogP) is 1.44. The van der Waals surface area contributed by atoms with Gasteiger partial charge in [-0.25, -0.2) is 4.79 Å². The van der Waals surface area contributed by atoms with Gasteiger partial charge in [0.1, 0.15) is 12.1 Å². The molecule has 1 aliphatic heterocycles. The number of benzene rings is 1. The summed E-state index contributed by atoms with van der Waals surface area (Å²) in [5.41, 5.74) is 1.24. The summed E-state index contributed by atoms with van der Waals surface area (Å²) in [6, 6.07) is 7.19. The molecule has 1 aromatic rings. The molecule has 3 rings (SSSR count). The van der Waals surface area contributed by atoms with Gasteiger partial charge in [0.25, 0.3) is 11.8 Å². The molecule has 0 unspecified atom stereocenters. The van der Waals surface area contributed by atoms with Crippen molar-refractivity contribution in [1.82, 2.24) is 15.5 Å². The van der Waals surface area contributed by atoms with Crippen LogP contribution in [0.1, 0.15) is 50.8 Å². The molecule has 1 saturated heterocycles. The monoisotopic (exact) mass is 387 g/mol. The maximum Gasteiger partial charge on any atom is 0.327 e. The summed E-state index contributed by atoms with van der Waals surface area (Å²) >= 11 is 0. The predicted molar refractivity (Wildman–Crippen MR) is 100 cm³/mol. The third kappa shape index (κ3) is 4.00. The van der Waals surface area contributed by atoms with Crippen LogP contribution < -0.4 is 10.6 Å². The number of hydrogen-bond donors (Lipinski definition) is 2. The summed E-state index contributed by atoms with van der Waals surface area (Å²) in [6.07, 6.45) is 1.74. The lowest BCUT2D eigenvalue weighted by Gasteiger charge is -2.27. The smallest absolute Gasteiger partial charge is 0.327 e. The highest BCUT2D eigenvalue weighted by Gasteiger charge is 2.45. The Hall–Kier alpha value is -2.90. The number of hydrogen-bond acceptors (Lipinski definition) is 5. The van der Waals surface area contributed by atoms with Crippen LogP contribution in [0, 0.1) is 0 Å². The summed E-state index contributed by atoms with van der Waals surface area (Å²) in [5.74, 6) is -1.73. The second-order valence-corrected chi connectivity index (χ2v) is 7.73. The Labute approximate surface area is 163 Å². The van der Waals surface area contributed by atoms with Crippen molar-refractivity contribution in [3.8, 4) is 0 Å². The lowest BCUT2D eigenvalue weighted by molar-refractivity contribution is -0.156. The molecule has 0 radical (unpaired) electrons. The SMILES string of the molecule is C[C@@H](OC(=O)CN1C(=O)NC(C)(C)C1=O)C(=O)N[C@H]1CCCc2ccccc21. The fourth-order valence-corrected chi connectivity index (χ4v) is 3.57. The average molecular weight is 387 g/mol. The first-order valence-electron chi connectivity index (χ1n) is 9.41.